The van der Waals surface area contributed by atoms with E-state index in [4.69, 9.17) is 5.73 Å². The lowest BCUT2D eigenvalue weighted by Crippen LogP contribution is -2.13. The Morgan fingerprint density at radius 1 is 1.31 bits per heavy atom. The molecule has 0 heterocycles. The van der Waals surface area contributed by atoms with Crippen molar-refractivity contribution in [2.45, 2.75) is 32.6 Å². The molecule has 0 fully saturated rings. The number of nitrogens with two attached hydrogens (primary N) is 1. The molecule has 72 valence electrons. The van der Waals surface area contributed by atoms with Crippen molar-refractivity contribution in [3.05, 3.63) is 35.4 Å². The van der Waals surface area contributed by atoms with Gasteiger partial charge in [0.15, 0.2) is 0 Å². The van der Waals surface area contributed by atoms with E-state index in [0.717, 1.165) is 6.54 Å². The molecule has 0 spiro atoms. The summed E-state index contributed by atoms with van der Waals surface area (Å²) in [6, 6.07) is 8.54. The summed E-state index contributed by atoms with van der Waals surface area (Å²) in [7, 11) is 0. The largest absolute Gasteiger partial charge is 0.330 e. The number of hydrogen-bond donors (Lipinski definition) is 1. The zero-order valence-corrected chi connectivity index (χ0v) is 8.59. The molecular weight excluding hydrogens is 158 g/mol. The first kappa shape index (κ1) is 10.3. The number of aryl methyl sites for hydroxylation is 1. The topological polar surface area (TPSA) is 26.0 Å². The van der Waals surface area contributed by atoms with Crippen LogP contribution in [0.2, 0.25) is 0 Å². The van der Waals surface area contributed by atoms with Gasteiger partial charge in [-0.05, 0) is 36.9 Å². The lowest BCUT2D eigenvalue weighted by molar-refractivity contribution is 0.619. The molecule has 1 aromatic carbocycles. The minimum absolute atomic E-state index is 0.547. The van der Waals surface area contributed by atoms with E-state index in [1.165, 1.54) is 24.0 Å². The van der Waals surface area contributed by atoms with Crippen LogP contribution >= 0.6 is 0 Å². The molecule has 0 saturated carbocycles. The summed E-state index contributed by atoms with van der Waals surface area (Å²) in [6.45, 7) is 5.13. The second-order valence-corrected chi connectivity index (χ2v) is 3.58. The standard InChI is InChI=1S/C12H19N/c1-3-6-11(9-13)12-8-5-4-7-10(12)2/h4-5,7-8,11H,3,6,9,13H2,1-2H3. The molecule has 13 heavy (non-hydrogen) atoms. The summed E-state index contributed by atoms with van der Waals surface area (Å²) in [5.74, 6) is 0.547. The van der Waals surface area contributed by atoms with E-state index in [2.05, 4.69) is 38.1 Å². The molecule has 2 N–H and O–H groups in total. The Hall–Kier alpha value is -0.820. The van der Waals surface area contributed by atoms with Gasteiger partial charge in [0.25, 0.3) is 0 Å². The van der Waals surface area contributed by atoms with Crippen LogP contribution in [0.25, 0.3) is 0 Å². The zero-order chi connectivity index (χ0) is 9.68. The van der Waals surface area contributed by atoms with E-state index in [-0.39, 0.29) is 0 Å². The molecule has 0 saturated heterocycles. The number of rotatable bonds is 4. The third kappa shape index (κ3) is 2.56. The highest BCUT2D eigenvalue weighted by Gasteiger charge is 2.09. The predicted octanol–water partition coefficient (Wildman–Crippen LogP) is 2.84. The molecule has 0 aliphatic carbocycles. The van der Waals surface area contributed by atoms with Crippen LogP contribution in [0.15, 0.2) is 24.3 Å². The average Bonchev–Trinajstić information content (AvgIpc) is 2.16. The summed E-state index contributed by atoms with van der Waals surface area (Å²) >= 11 is 0. The Kier molecular flexibility index (Phi) is 3.97. The maximum atomic E-state index is 5.76. The average molecular weight is 177 g/mol. The van der Waals surface area contributed by atoms with Gasteiger partial charge in [-0.2, -0.15) is 0 Å². The fourth-order valence-corrected chi connectivity index (χ4v) is 1.79. The summed E-state index contributed by atoms with van der Waals surface area (Å²) in [5, 5.41) is 0. The second-order valence-electron chi connectivity index (χ2n) is 3.58. The van der Waals surface area contributed by atoms with Crippen molar-refractivity contribution in [3.8, 4) is 0 Å². The molecule has 1 nitrogen and oxygen atoms in total. The fraction of sp³-hybridized carbons (Fsp3) is 0.500. The van der Waals surface area contributed by atoms with Gasteiger partial charge in [0, 0.05) is 0 Å². The van der Waals surface area contributed by atoms with Crippen LogP contribution in [-0.2, 0) is 0 Å². The summed E-state index contributed by atoms with van der Waals surface area (Å²) in [6.07, 6.45) is 2.40. The third-order valence-corrected chi connectivity index (χ3v) is 2.55. The van der Waals surface area contributed by atoms with Crippen molar-refractivity contribution in [3.63, 3.8) is 0 Å². The first-order valence-corrected chi connectivity index (χ1v) is 5.05. The highest BCUT2D eigenvalue weighted by molar-refractivity contribution is 5.29. The quantitative estimate of drug-likeness (QED) is 0.752. The Morgan fingerprint density at radius 3 is 2.54 bits per heavy atom. The normalized spacial score (nSPS) is 12.8. The van der Waals surface area contributed by atoms with Gasteiger partial charge in [-0.3, -0.25) is 0 Å². The molecule has 0 amide bonds. The maximum absolute atomic E-state index is 5.76. The summed E-state index contributed by atoms with van der Waals surface area (Å²) < 4.78 is 0. The first-order valence-electron chi connectivity index (χ1n) is 5.05. The van der Waals surface area contributed by atoms with Gasteiger partial charge in [-0.15, -0.1) is 0 Å². The molecule has 1 aromatic rings. The summed E-state index contributed by atoms with van der Waals surface area (Å²) in [4.78, 5) is 0. The van der Waals surface area contributed by atoms with Crippen molar-refractivity contribution in [2.75, 3.05) is 6.54 Å². The van der Waals surface area contributed by atoms with Crippen molar-refractivity contribution < 1.29 is 0 Å². The van der Waals surface area contributed by atoms with Gasteiger partial charge < -0.3 is 5.73 Å². The van der Waals surface area contributed by atoms with Crippen LogP contribution in [0.1, 0.15) is 36.8 Å². The minimum Gasteiger partial charge on any atom is -0.330 e. The molecule has 0 aliphatic rings. The Balaban J connectivity index is 2.84. The van der Waals surface area contributed by atoms with E-state index in [0.29, 0.717) is 5.92 Å². The molecule has 1 unspecified atom stereocenters. The van der Waals surface area contributed by atoms with E-state index < -0.39 is 0 Å². The van der Waals surface area contributed by atoms with Gasteiger partial charge in [-0.1, -0.05) is 37.6 Å². The monoisotopic (exact) mass is 177 g/mol. The smallest absolute Gasteiger partial charge is 0.000814 e. The molecule has 1 rings (SSSR count). The van der Waals surface area contributed by atoms with Gasteiger partial charge in [-0.25, -0.2) is 0 Å². The number of hydrogen-bond acceptors (Lipinski definition) is 1. The minimum atomic E-state index is 0.547. The molecule has 0 aliphatic heterocycles. The van der Waals surface area contributed by atoms with E-state index in [9.17, 15) is 0 Å². The fourth-order valence-electron chi connectivity index (χ4n) is 1.79. The van der Waals surface area contributed by atoms with Crippen LogP contribution in [0.4, 0.5) is 0 Å². The molecule has 0 radical (unpaired) electrons. The van der Waals surface area contributed by atoms with Crippen molar-refractivity contribution in [1.82, 2.24) is 0 Å². The van der Waals surface area contributed by atoms with Gasteiger partial charge >= 0.3 is 0 Å². The van der Waals surface area contributed by atoms with Gasteiger partial charge in [0.05, 0.1) is 0 Å². The van der Waals surface area contributed by atoms with Crippen LogP contribution in [-0.4, -0.2) is 6.54 Å². The zero-order valence-electron chi connectivity index (χ0n) is 8.59. The van der Waals surface area contributed by atoms with Crippen LogP contribution in [0.5, 0.6) is 0 Å². The highest BCUT2D eigenvalue weighted by Crippen LogP contribution is 2.22. The van der Waals surface area contributed by atoms with Crippen molar-refractivity contribution in [2.24, 2.45) is 5.73 Å². The molecule has 1 atom stereocenters. The van der Waals surface area contributed by atoms with E-state index in [1.54, 1.807) is 0 Å². The van der Waals surface area contributed by atoms with Crippen molar-refractivity contribution >= 4 is 0 Å². The second kappa shape index (κ2) is 5.03. The van der Waals surface area contributed by atoms with Crippen LogP contribution < -0.4 is 5.73 Å². The Morgan fingerprint density at radius 2 is 2.00 bits per heavy atom. The first-order chi connectivity index (χ1) is 6.29. The third-order valence-electron chi connectivity index (χ3n) is 2.55. The molecule has 1 heteroatoms. The molecule has 0 aromatic heterocycles. The number of benzene rings is 1. The van der Waals surface area contributed by atoms with E-state index >= 15 is 0 Å². The molecular formula is C12H19N. The lowest BCUT2D eigenvalue weighted by Gasteiger charge is -2.16. The lowest BCUT2D eigenvalue weighted by atomic mass is 9.91. The highest BCUT2D eigenvalue weighted by atomic mass is 14.5. The predicted molar refractivity (Wildman–Crippen MR) is 57.9 cm³/mol. The van der Waals surface area contributed by atoms with E-state index in [1.807, 2.05) is 0 Å². The Bertz CT molecular complexity index is 255. The van der Waals surface area contributed by atoms with Crippen molar-refractivity contribution in [1.29, 1.82) is 0 Å². The van der Waals surface area contributed by atoms with Gasteiger partial charge in [0.2, 0.25) is 0 Å². The SMILES string of the molecule is CCCC(CN)c1ccccc1C. The Labute approximate surface area is 81.0 Å². The summed E-state index contributed by atoms with van der Waals surface area (Å²) in [5.41, 5.74) is 8.55. The van der Waals surface area contributed by atoms with Crippen LogP contribution in [0, 0.1) is 6.92 Å². The molecule has 0 bridgehead atoms. The maximum Gasteiger partial charge on any atom is -0.000814 e. The van der Waals surface area contributed by atoms with Gasteiger partial charge in [0.1, 0.15) is 0 Å². The van der Waals surface area contributed by atoms with Crippen LogP contribution in [0.3, 0.4) is 0 Å².